The maximum Gasteiger partial charge on any atom is 0.164 e. The number of thiazole rings is 1. The third-order valence-electron chi connectivity index (χ3n) is 2.96. The molecule has 102 valence electrons. The molecule has 3 nitrogen and oxygen atoms in total. The average Bonchev–Trinajstić information content (AvgIpc) is 3.00. The molecule has 2 aromatic rings. The van der Waals surface area contributed by atoms with E-state index in [1.54, 1.807) is 11.3 Å². The molecule has 0 saturated heterocycles. The smallest absolute Gasteiger partial charge is 0.164 e. The Morgan fingerprint density at radius 1 is 1.37 bits per heavy atom. The third-order valence-corrected chi connectivity index (χ3v) is 3.91. The highest BCUT2D eigenvalue weighted by Gasteiger charge is 2.07. The number of carbonyl (C=O) groups excluding carboxylic acids is 1. The molecule has 0 radical (unpaired) electrons. The number of Topliss-reactive ketones (excluding diaryl/α,β-unsaturated/α-hetero) is 1. The van der Waals surface area contributed by atoms with Gasteiger partial charge in [0.15, 0.2) is 5.78 Å². The minimum atomic E-state index is 0.228. The first-order valence-corrected chi connectivity index (χ1v) is 7.73. The van der Waals surface area contributed by atoms with Crippen molar-refractivity contribution < 1.29 is 4.79 Å². The van der Waals surface area contributed by atoms with E-state index in [1.807, 2.05) is 30.0 Å². The van der Waals surface area contributed by atoms with E-state index in [0.717, 1.165) is 37.1 Å². The second kappa shape index (κ2) is 6.66. The summed E-state index contributed by atoms with van der Waals surface area (Å²) in [6.07, 6.45) is 7.60. The Kier molecular flexibility index (Phi) is 4.91. The van der Waals surface area contributed by atoms with Gasteiger partial charge in [-0.05, 0) is 25.3 Å². The molecular weight excluding hydrogens is 256 g/mol. The Bertz CT molecular complexity index is 542. The van der Waals surface area contributed by atoms with Gasteiger partial charge in [-0.25, -0.2) is 4.98 Å². The zero-order valence-electron chi connectivity index (χ0n) is 11.6. The van der Waals surface area contributed by atoms with Gasteiger partial charge in [-0.15, -0.1) is 11.3 Å². The van der Waals surface area contributed by atoms with Gasteiger partial charge in [0, 0.05) is 29.8 Å². The number of rotatable bonds is 7. The highest BCUT2D eigenvalue weighted by Crippen LogP contribution is 2.14. The van der Waals surface area contributed by atoms with Gasteiger partial charge in [-0.1, -0.05) is 13.8 Å². The summed E-state index contributed by atoms with van der Waals surface area (Å²) in [7, 11) is 0. The summed E-state index contributed by atoms with van der Waals surface area (Å²) >= 11 is 1.72. The van der Waals surface area contributed by atoms with Crippen LogP contribution in [-0.4, -0.2) is 15.3 Å². The molecule has 0 aliphatic rings. The van der Waals surface area contributed by atoms with Crippen LogP contribution in [0.3, 0.4) is 0 Å². The number of hydrogen-bond donors (Lipinski definition) is 0. The molecule has 4 heteroatoms. The highest BCUT2D eigenvalue weighted by molar-refractivity contribution is 7.09. The molecule has 0 aromatic carbocycles. The van der Waals surface area contributed by atoms with Gasteiger partial charge in [0.2, 0.25) is 0 Å². The van der Waals surface area contributed by atoms with E-state index in [1.165, 1.54) is 5.01 Å². The topological polar surface area (TPSA) is 34.9 Å². The highest BCUT2D eigenvalue weighted by atomic mass is 32.1. The van der Waals surface area contributed by atoms with Crippen LogP contribution in [0.15, 0.2) is 23.8 Å². The maximum absolute atomic E-state index is 11.8. The van der Waals surface area contributed by atoms with Gasteiger partial charge < -0.3 is 4.57 Å². The van der Waals surface area contributed by atoms with Crippen LogP contribution in [0.25, 0.3) is 0 Å². The minimum absolute atomic E-state index is 0.228. The first kappa shape index (κ1) is 14.0. The van der Waals surface area contributed by atoms with Gasteiger partial charge in [0.05, 0.1) is 17.2 Å². The van der Waals surface area contributed by atoms with Gasteiger partial charge in [0.25, 0.3) is 0 Å². The lowest BCUT2D eigenvalue weighted by Crippen LogP contribution is -1.99. The lowest BCUT2D eigenvalue weighted by Gasteiger charge is -1.99. The van der Waals surface area contributed by atoms with Crippen LogP contribution in [0.2, 0.25) is 0 Å². The van der Waals surface area contributed by atoms with Gasteiger partial charge in [-0.3, -0.25) is 4.79 Å². The lowest BCUT2D eigenvalue weighted by atomic mass is 10.1. The lowest BCUT2D eigenvalue weighted by molar-refractivity contribution is 0.0981. The number of ketones is 1. The quantitative estimate of drug-likeness (QED) is 0.718. The van der Waals surface area contributed by atoms with Crippen LogP contribution in [0, 0.1) is 0 Å². The monoisotopic (exact) mass is 276 g/mol. The number of carbonyl (C=O) groups is 1. The predicted molar refractivity (Wildman–Crippen MR) is 78.9 cm³/mol. The summed E-state index contributed by atoms with van der Waals surface area (Å²) in [5, 5.41) is 3.31. The molecule has 0 unspecified atom stereocenters. The first-order chi connectivity index (χ1) is 9.22. The molecule has 0 aliphatic heterocycles. The SMILES string of the molecule is CCCC(=O)c1ccn(Cc2csc(CCC)n2)c1. The van der Waals surface area contributed by atoms with Crippen LogP contribution in [0.1, 0.15) is 54.2 Å². The molecule has 0 aliphatic carbocycles. The van der Waals surface area contributed by atoms with Crippen LogP contribution >= 0.6 is 11.3 Å². The summed E-state index contributed by atoms with van der Waals surface area (Å²) in [6, 6.07) is 1.90. The number of hydrogen-bond acceptors (Lipinski definition) is 3. The van der Waals surface area contributed by atoms with E-state index in [0.29, 0.717) is 6.42 Å². The van der Waals surface area contributed by atoms with Crippen LogP contribution in [-0.2, 0) is 13.0 Å². The Hall–Kier alpha value is -1.42. The first-order valence-electron chi connectivity index (χ1n) is 6.85. The van der Waals surface area contributed by atoms with Crippen LogP contribution < -0.4 is 0 Å². The largest absolute Gasteiger partial charge is 0.348 e. The van der Waals surface area contributed by atoms with Crippen molar-refractivity contribution in [3.05, 3.63) is 40.1 Å². The normalized spacial score (nSPS) is 10.8. The molecule has 2 heterocycles. The molecule has 0 atom stereocenters. The third kappa shape index (κ3) is 3.77. The summed E-state index contributed by atoms with van der Waals surface area (Å²) in [4.78, 5) is 16.4. The second-order valence-electron chi connectivity index (χ2n) is 4.73. The molecule has 0 spiro atoms. The second-order valence-corrected chi connectivity index (χ2v) is 5.67. The zero-order chi connectivity index (χ0) is 13.7. The van der Waals surface area contributed by atoms with Crippen molar-refractivity contribution in [2.75, 3.05) is 0 Å². The van der Waals surface area contributed by atoms with Crippen molar-refractivity contribution in [2.24, 2.45) is 0 Å². The van der Waals surface area contributed by atoms with Crippen molar-refractivity contribution in [1.82, 2.24) is 9.55 Å². The molecular formula is C15H20N2OS. The summed E-state index contributed by atoms with van der Waals surface area (Å²) in [5.74, 6) is 0.228. The fraction of sp³-hybridized carbons (Fsp3) is 0.467. The van der Waals surface area contributed by atoms with Crippen molar-refractivity contribution in [3.8, 4) is 0 Å². The van der Waals surface area contributed by atoms with Crippen molar-refractivity contribution in [3.63, 3.8) is 0 Å². The van der Waals surface area contributed by atoms with Crippen LogP contribution in [0.5, 0.6) is 0 Å². The number of nitrogens with zero attached hydrogens (tertiary/aromatic N) is 2. The molecule has 2 rings (SSSR count). The van der Waals surface area contributed by atoms with E-state index in [2.05, 4.69) is 17.3 Å². The van der Waals surface area contributed by atoms with Gasteiger partial charge in [-0.2, -0.15) is 0 Å². The fourth-order valence-corrected chi connectivity index (χ4v) is 2.90. The summed E-state index contributed by atoms with van der Waals surface area (Å²) < 4.78 is 2.04. The van der Waals surface area contributed by atoms with E-state index in [9.17, 15) is 4.79 Å². The molecule has 0 saturated carbocycles. The van der Waals surface area contributed by atoms with Gasteiger partial charge >= 0.3 is 0 Å². The Morgan fingerprint density at radius 3 is 2.95 bits per heavy atom. The van der Waals surface area contributed by atoms with Crippen LogP contribution in [0.4, 0.5) is 0 Å². The van der Waals surface area contributed by atoms with E-state index >= 15 is 0 Å². The van der Waals surface area contributed by atoms with Crippen molar-refractivity contribution >= 4 is 17.1 Å². The number of aromatic nitrogens is 2. The van der Waals surface area contributed by atoms with E-state index < -0.39 is 0 Å². The maximum atomic E-state index is 11.8. The summed E-state index contributed by atoms with van der Waals surface area (Å²) in [6.45, 7) is 4.94. The Balaban J connectivity index is 2.00. The molecule has 0 amide bonds. The minimum Gasteiger partial charge on any atom is -0.348 e. The Morgan fingerprint density at radius 2 is 2.21 bits per heavy atom. The molecule has 0 fully saturated rings. The Labute approximate surface area is 118 Å². The molecule has 19 heavy (non-hydrogen) atoms. The molecule has 0 N–H and O–H groups in total. The number of aryl methyl sites for hydroxylation is 1. The fourth-order valence-electron chi connectivity index (χ4n) is 2.01. The zero-order valence-corrected chi connectivity index (χ0v) is 12.4. The standard InChI is InChI=1S/C15H20N2OS/c1-3-5-14(18)12-7-8-17(9-12)10-13-11-19-15(16-13)6-4-2/h7-9,11H,3-6,10H2,1-2H3. The van der Waals surface area contributed by atoms with E-state index in [-0.39, 0.29) is 5.78 Å². The van der Waals surface area contributed by atoms with Crippen molar-refractivity contribution in [1.29, 1.82) is 0 Å². The average molecular weight is 276 g/mol. The predicted octanol–water partition coefficient (Wildman–Crippen LogP) is 3.93. The summed E-state index contributed by atoms with van der Waals surface area (Å²) in [5.41, 5.74) is 1.89. The van der Waals surface area contributed by atoms with Crippen molar-refractivity contribution in [2.45, 2.75) is 46.1 Å². The van der Waals surface area contributed by atoms with E-state index in [4.69, 9.17) is 0 Å². The van der Waals surface area contributed by atoms with Gasteiger partial charge in [0.1, 0.15) is 0 Å². The molecule has 0 bridgehead atoms. The molecule has 2 aromatic heterocycles.